The minimum Gasteiger partial charge on any atom is -0.464 e. The molecule has 15 heteroatoms. The van der Waals surface area contributed by atoms with Crippen LogP contribution in [-0.4, -0.2) is 106 Å². The van der Waals surface area contributed by atoms with Crippen LogP contribution in [0, 0.1) is 0 Å². The largest absolute Gasteiger partial charge is 0.464 e. The van der Waals surface area contributed by atoms with E-state index in [-0.39, 0.29) is 33.0 Å². The van der Waals surface area contributed by atoms with Crippen molar-refractivity contribution in [3.05, 3.63) is 144 Å². The van der Waals surface area contributed by atoms with Gasteiger partial charge >= 0.3 is 17.9 Å². The normalized spacial score (nSPS) is 28.5. The van der Waals surface area contributed by atoms with E-state index in [1.807, 2.05) is 91.0 Å². The Kier molecular flexibility index (Phi) is 16.4. The zero-order valence-corrected chi connectivity index (χ0v) is 35.6. The van der Waals surface area contributed by atoms with E-state index < -0.39 is 91.7 Å². The molecular formula is C48H54O15. The maximum absolute atomic E-state index is 13.9. The van der Waals surface area contributed by atoms with Crippen LogP contribution in [0.15, 0.2) is 121 Å². The molecular weight excluding hydrogens is 817 g/mol. The summed E-state index contributed by atoms with van der Waals surface area (Å²) >= 11 is 0. The van der Waals surface area contributed by atoms with Crippen molar-refractivity contribution in [2.75, 3.05) is 26.9 Å². The minimum atomic E-state index is -1.49. The average molecular weight is 871 g/mol. The molecule has 0 bridgehead atoms. The predicted molar refractivity (Wildman–Crippen MR) is 222 cm³/mol. The van der Waals surface area contributed by atoms with Crippen LogP contribution in [0.3, 0.4) is 0 Å². The van der Waals surface area contributed by atoms with Crippen LogP contribution < -0.4 is 0 Å². The summed E-state index contributed by atoms with van der Waals surface area (Å²) < 4.78 is 76.3. The minimum absolute atomic E-state index is 0.0464. The first kappa shape index (κ1) is 45.9. The SMILES string of the molecule is CCOC(=O)[C@H](O[C@H]1[C@H](O[C@@H]2[C@@H](OCc3ccccc3)[C@@H](OC)O[C@@H]3COC(c4ccccc4)O[C@@H]23)O[C@H](COC(C)=O)[C@@H](OCc2ccccc2)[C@@H]1OC(C)=O)c1ccccc1. The third-order valence-electron chi connectivity index (χ3n) is 10.7. The Balaban J connectivity index is 1.32. The highest BCUT2D eigenvalue weighted by atomic mass is 16.8. The van der Waals surface area contributed by atoms with Crippen LogP contribution in [0.25, 0.3) is 0 Å². The maximum atomic E-state index is 13.9. The highest BCUT2D eigenvalue weighted by Gasteiger charge is 2.57. The second kappa shape index (κ2) is 22.5. The molecule has 3 heterocycles. The summed E-state index contributed by atoms with van der Waals surface area (Å²) in [5.41, 5.74) is 2.88. The Hall–Kier alpha value is -5.07. The van der Waals surface area contributed by atoms with Crippen molar-refractivity contribution in [3.8, 4) is 0 Å². The molecule has 0 amide bonds. The third-order valence-corrected chi connectivity index (χ3v) is 10.7. The molecule has 3 aliphatic rings. The Morgan fingerprint density at radius 2 is 1.25 bits per heavy atom. The molecule has 0 N–H and O–H groups in total. The fourth-order valence-corrected chi connectivity index (χ4v) is 7.80. The first-order valence-corrected chi connectivity index (χ1v) is 21.0. The number of methoxy groups -OCH3 is 1. The van der Waals surface area contributed by atoms with Crippen molar-refractivity contribution < 1.29 is 71.2 Å². The first-order chi connectivity index (χ1) is 30.7. The summed E-state index contributed by atoms with van der Waals surface area (Å²) in [6.07, 6.45) is -13.2. The lowest BCUT2D eigenvalue weighted by Crippen LogP contribution is -2.67. The number of esters is 3. The van der Waals surface area contributed by atoms with Crippen LogP contribution in [0.4, 0.5) is 0 Å². The van der Waals surface area contributed by atoms with Gasteiger partial charge in [-0.3, -0.25) is 9.59 Å². The summed E-state index contributed by atoms with van der Waals surface area (Å²) in [4.78, 5) is 39.4. The number of ether oxygens (including phenoxy) is 12. The molecule has 4 aromatic carbocycles. The van der Waals surface area contributed by atoms with E-state index >= 15 is 0 Å². The third kappa shape index (κ3) is 11.9. The number of fused-ring (bicyclic) bond motifs is 1. The van der Waals surface area contributed by atoms with E-state index in [0.717, 1.165) is 16.7 Å². The Morgan fingerprint density at radius 1 is 0.651 bits per heavy atom. The lowest BCUT2D eigenvalue weighted by atomic mass is 9.95. The van der Waals surface area contributed by atoms with Crippen molar-refractivity contribution in [1.29, 1.82) is 0 Å². The van der Waals surface area contributed by atoms with E-state index in [0.29, 0.717) is 5.56 Å². The van der Waals surface area contributed by atoms with E-state index in [2.05, 4.69) is 0 Å². The summed E-state index contributed by atoms with van der Waals surface area (Å²) in [6, 6.07) is 37.1. The van der Waals surface area contributed by atoms with Crippen molar-refractivity contribution in [3.63, 3.8) is 0 Å². The van der Waals surface area contributed by atoms with E-state index in [4.69, 9.17) is 56.8 Å². The van der Waals surface area contributed by atoms with Crippen molar-refractivity contribution >= 4 is 17.9 Å². The van der Waals surface area contributed by atoms with Gasteiger partial charge in [0.25, 0.3) is 0 Å². The molecule has 0 aliphatic carbocycles. The first-order valence-electron chi connectivity index (χ1n) is 21.0. The molecule has 336 valence electrons. The highest BCUT2D eigenvalue weighted by molar-refractivity contribution is 5.76. The predicted octanol–water partition coefficient (Wildman–Crippen LogP) is 5.94. The van der Waals surface area contributed by atoms with Crippen LogP contribution in [0.1, 0.15) is 55.4 Å². The van der Waals surface area contributed by atoms with Gasteiger partial charge in [0.05, 0.1) is 26.4 Å². The van der Waals surface area contributed by atoms with Gasteiger partial charge in [0.1, 0.15) is 49.3 Å². The van der Waals surface area contributed by atoms with Gasteiger partial charge in [-0.1, -0.05) is 121 Å². The van der Waals surface area contributed by atoms with Gasteiger partial charge in [-0.15, -0.1) is 0 Å². The van der Waals surface area contributed by atoms with Gasteiger partial charge in [0, 0.05) is 26.5 Å². The number of carbonyl (C=O) groups excluding carboxylic acids is 3. The van der Waals surface area contributed by atoms with Gasteiger partial charge < -0.3 is 56.8 Å². The Morgan fingerprint density at radius 3 is 1.84 bits per heavy atom. The molecule has 0 spiro atoms. The van der Waals surface area contributed by atoms with Crippen molar-refractivity contribution in [1.82, 2.24) is 0 Å². The summed E-state index contributed by atoms with van der Waals surface area (Å²) in [7, 11) is 1.49. The fourth-order valence-electron chi connectivity index (χ4n) is 7.80. The standard InChI is InChI=1S/C48H54O15/c1-5-53-45(51)38(34-22-14-8-15-23-34)61-44-41(58-31(3)50)39(55-26-32-18-10-6-11-19-32)36(28-54-30(2)49)60-48(44)63-42-40-37(29-57-46(62-40)35-24-16-9-17-25-35)59-47(52-4)43(42)56-27-33-20-12-7-13-21-33/h6-25,36-44,46-48H,5,26-29H2,1-4H3/t36-,37-,38-,39-,40-,41+,42+,43-,44-,46?,47+,48+/m1/s1. The van der Waals surface area contributed by atoms with E-state index in [1.165, 1.54) is 21.0 Å². The van der Waals surface area contributed by atoms with E-state index in [9.17, 15) is 14.4 Å². The fraction of sp³-hybridized carbons (Fsp3) is 0.438. The van der Waals surface area contributed by atoms with Crippen LogP contribution in [0.5, 0.6) is 0 Å². The molecule has 63 heavy (non-hydrogen) atoms. The van der Waals surface area contributed by atoms with Gasteiger partial charge in [0.15, 0.2) is 31.1 Å². The van der Waals surface area contributed by atoms with Crippen LogP contribution in [-0.2, 0) is 84.4 Å². The van der Waals surface area contributed by atoms with Gasteiger partial charge in [-0.05, 0) is 23.6 Å². The second-order valence-electron chi connectivity index (χ2n) is 15.1. The molecule has 4 aromatic rings. The quantitative estimate of drug-likeness (QED) is 0.0853. The zero-order chi connectivity index (χ0) is 44.1. The number of hydrogen-bond donors (Lipinski definition) is 0. The smallest absolute Gasteiger partial charge is 0.339 e. The van der Waals surface area contributed by atoms with Crippen LogP contribution in [0.2, 0.25) is 0 Å². The molecule has 3 saturated heterocycles. The lowest BCUT2D eigenvalue weighted by molar-refractivity contribution is -0.398. The van der Waals surface area contributed by atoms with Crippen molar-refractivity contribution in [2.24, 2.45) is 0 Å². The van der Waals surface area contributed by atoms with Crippen LogP contribution >= 0.6 is 0 Å². The molecule has 0 aromatic heterocycles. The van der Waals surface area contributed by atoms with Crippen molar-refractivity contribution in [2.45, 2.75) is 108 Å². The summed E-state index contributed by atoms with van der Waals surface area (Å²) in [5, 5.41) is 0. The molecule has 7 rings (SSSR count). The number of carbonyl (C=O) groups is 3. The monoisotopic (exact) mass is 870 g/mol. The number of rotatable bonds is 18. The molecule has 0 radical (unpaired) electrons. The Bertz CT molecular complexity index is 2020. The maximum Gasteiger partial charge on any atom is 0.339 e. The topological polar surface area (TPSA) is 162 Å². The molecule has 1 unspecified atom stereocenters. The Labute approximate surface area is 366 Å². The lowest BCUT2D eigenvalue weighted by Gasteiger charge is -2.51. The number of hydrogen-bond acceptors (Lipinski definition) is 15. The molecule has 3 aliphatic heterocycles. The highest BCUT2D eigenvalue weighted by Crippen LogP contribution is 2.40. The molecule has 12 atom stereocenters. The molecule has 15 nitrogen and oxygen atoms in total. The van der Waals surface area contributed by atoms with Gasteiger partial charge in [0.2, 0.25) is 0 Å². The number of benzene rings is 4. The zero-order valence-electron chi connectivity index (χ0n) is 35.6. The van der Waals surface area contributed by atoms with Gasteiger partial charge in [-0.25, -0.2) is 4.79 Å². The molecule has 0 saturated carbocycles. The average Bonchev–Trinajstić information content (AvgIpc) is 3.30. The molecule has 3 fully saturated rings. The summed E-state index contributed by atoms with van der Waals surface area (Å²) in [5.74, 6) is -1.98. The van der Waals surface area contributed by atoms with Gasteiger partial charge in [-0.2, -0.15) is 0 Å². The second-order valence-corrected chi connectivity index (χ2v) is 15.1. The van der Waals surface area contributed by atoms with E-state index in [1.54, 1.807) is 37.3 Å². The summed E-state index contributed by atoms with van der Waals surface area (Å²) in [6.45, 7) is 4.21.